The second-order valence-corrected chi connectivity index (χ2v) is 7.92. The van der Waals surface area contributed by atoms with E-state index in [0.717, 1.165) is 6.42 Å². The molecule has 27 heavy (non-hydrogen) atoms. The fourth-order valence-corrected chi connectivity index (χ4v) is 4.50. The molecule has 2 heterocycles. The van der Waals surface area contributed by atoms with Crippen LogP contribution in [0, 0.1) is 5.92 Å². The van der Waals surface area contributed by atoms with Crippen LogP contribution in [0.1, 0.15) is 25.7 Å². The number of nitrogens with zero attached hydrogens (tertiary/aromatic N) is 2. The van der Waals surface area contributed by atoms with Gasteiger partial charge in [-0.05, 0) is 25.2 Å². The number of piperazine rings is 1. The molecular weight excluding hydrogens is 389 g/mol. The topological polar surface area (TPSA) is 73.9 Å². The largest absolute Gasteiger partial charge is 0.522 e. The van der Waals surface area contributed by atoms with E-state index < -0.39 is 23.9 Å². The smallest absolute Gasteiger partial charge is 0.340 e. The lowest BCUT2D eigenvalue weighted by atomic mass is 9.86. The molecule has 4 atom stereocenters. The summed E-state index contributed by atoms with van der Waals surface area (Å²) in [6.45, 7) is 1.85. The standard InChI is InChI=1S/C16H24ClF3N4O3/c17-12-7-21-22-15(26)14(12)24-5-4-23(13(25)9-24)8-10-2-1-3-11(6-10)27-16(18,19)20/h10-12,14,21H,1-9H2,(H,22,26). The molecule has 154 valence electrons. The van der Waals surface area contributed by atoms with Crippen molar-refractivity contribution in [3.05, 3.63) is 0 Å². The van der Waals surface area contributed by atoms with E-state index in [9.17, 15) is 22.8 Å². The van der Waals surface area contributed by atoms with Crippen molar-refractivity contribution in [3.63, 3.8) is 0 Å². The zero-order valence-corrected chi connectivity index (χ0v) is 15.6. The Bertz CT molecular complexity index is 566. The van der Waals surface area contributed by atoms with Crippen LogP contribution in [0.15, 0.2) is 0 Å². The van der Waals surface area contributed by atoms with Crippen molar-refractivity contribution in [2.24, 2.45) is 5.92 Å². The Morgan fingerprint density at radius 1 is 1.22 bits per heavy atom. The predicted octanol–water partition coefficient (Wildman–Crippen LogP) is 0.836. The first-order valence-electron chi connectivity index (χ1n) is 9.16. The average Bonchev–Trinajstić information content (AvgIpc) is 2.56. The molecule has 0 bridgehead atoms. The molecule has 7 nitrogen and oxygen atoms in total. The van der Waals surface area contributed by atoms with Gasteiger partial charge in [-0.1, -0.05) is 6.42 Å². The third-order valence-corrected chi connectivity index (χ3v) is 5.77. The van der Waals surface area contributed by atoms with Gasteiger partial charge in [0, 0.05) is 26.2 Å². The van der Waals surface area contributed by atoms with Crippen molar-refractivity contribution in [2.75, 3.05) is 32.7 Å². The van der Waals surface area contributed by atoms with Gasteiger partial charge in [0.05, 0.1) is 18.0 Å². The van der Waals surface area contributed by atoms with Crippen LogP contribution in [-0.4, -0.2) is 78.2 Å². The summed E-state index contributed by atoms with van der Waals surface area (Å²) in [7, 11) is 0. The van der Waals surface area contributed by atoms with E-state index in [1.54, 1.807) is 9.80 Å². The van der Waals surface area contributed by atoms with Crippen molar-refractivity contribution in [1.29, 1.82) is 0 Å². The highest BCUT2D eigenvalue weighted by Crippen LogP contribution is 2.32. The van der Waals surface area contributed by atoms with Gasteiger partial charge in [-0.2, -0.15) is 0 Å². The van der Waals surface area contributed by atoms with E-state index in [0.29, 0.717) is 45.4 Å². The Labute approximate surface area is 160 Å². The molecule has 1 saturated carbocycles. The maximum atomic E-state index is 12.5. The molecule has 4 unspecified atom stereocenters. The highest BCUT2D eigenvalue weighted by Gasteiger charge is 2.40. The molecular formula is C16H24ClF3N4O3. The third kappa shape index (κ3) is 5.46. The van der Waals surface area contributed by atoms with Gasteiger partial charge in [0.1, 0.15) is 6.04 Å². The number of amides is 2. The number of hydrogen-bond donors (Lipinski definition) is 2. The lowest BCUT2D eigenvalue weighted by molar-refractivity contribution is -0.346. The third-order valence-electron chi connectivity index (χ3n) is 5.38. The van der Waals surface area contributed by atoms with E-state index in [-0.39, 0.29) is 24.3 Å². The molecule has 2 aliphatic heterocycles. The summed E-state index contributed by atoms with van der Waals surface area (Å²) in [5.74, 6) is -0.401. The van der Waals surface area contributed by atoms with Crippen LogP contribution in [0.3, 0.4) is 0 Å². The molecule has 0 aromatic heterocycles. The molecule has 0 aromatic carbocycles. The first kappa shape index (κ1) is 20.6. The average molecular weight is 413 g/mol. The summed E-state index contributed by atoms with van der Waals surface area (Å²) < 4.78 is 41.5. The van der Waals surface area contributed by atoms with Crippen LogP contribution >= 0.6 is 11.6 Å². The minimum atomic E-state index is -4.62. The van der Waals surface area contributed by atoms with Crippen LogP contribution in [0.4, 0.5) is 13.2 Å². The number of hydrogen-bond acceptors (Lipinski definition) is 5. The van der Waals surface area contributed by atoms with Gasteiger partial charge in [0.25, 0.3) is 5.91 Å². The number of halogens is 4. The summed E-state index contributed by atoms with van der Waals surface area (Å²) in [5.41, 5.74) is 5.23. The first-order chi connectivity index (χ1) is 12.7. The normalized spacial score (nSPS) is 33.9. The predicted molar refractivity (Wildman–Crippen MR) is 90.6 cm³/mol. The zero-order chi connectivity index (χ0) is 19.6. The van der Waals surface area contributed by atoms with Crippen molar-refractivity contribution < 1.29 is 27.5 Å². The zero-order valence-electron chi connectivity index (χ0n) is 14.8. The SMILES string of the molecule is O=C1NNCC(Cl)C1N1CCN(CC2CCCC(OC(F)(F)F)C2)C(=O)C1. The second-order valence-electron chi connectivity index (χ2n) is 7.36. The Hall–Kier alpha value is -1.10. The van der Waals surface area contributed by atoms with E-state index in [1.807, 2.05) is 0 Å². The van der Waals surface area contributed by atoms with Crippen LogP contribution < -0.4 is 10.9 Å². The fourth-order valence-electron chi connectivity index (χ4n) is 4.15. The molecule has 2 N–H and O–H groups in total. The summed E-state index contributed by atoms with van der Waals surface area (Å²) in [6, 6.07) is -0.571. The number of ether oxygens (including phenoxy) is 1. The van der Waals surface area contributed by atoms with Crippen molar-refractivity contribution in [1.82, 2.24) is 20.7 Å². The number of alkyl halides is 4. The fraction of sp³-hybridized carbons (Fsp3) is 0.875. The molecule has 3 aliphatic rings. The molecule has 3 rings (SSSR count). The van der Waals surface area contributed by atoms with Crippen LogP contribution in [0.25, 0.3) is 0 Å². The van der Waals surface area contributed by atoms with E-state index >= 15 is 0 Å². The Morgan fingerprint density at radius 3 is 2.67 bits per heavy atom. The lowest BCUT2D eigenvalue weighted by Gasteiger charge is -2.42. The van der Waals surface area contributed by atoms with Gasteiger partial charge in [0.15, 0.2) is 0 Å². The maximum absolute atomic E-state index is 12.5. The monoisotopic (exact) mass is 412 g/mol. The Morgan fingerprint density at radius 2 is 2.00 bits per heavy atom. The second kappa shape index (κ2) is 8.50. The summed E-state index contributed by atoms with van der Waals surface area (Å²) in [5, 5.41) is -0.434. The molecule has 0 radical (unpaired) electrons. The van der Waals surface area contributed by atoms with Gasteiger partial charge < -0.3 is 4.90 Å². The Balaban J connectivity index is 1.51. The van der Waals surface area contributed by atoms with Crippen LogP contribution in [0.2, 0.25) is 0 Å². The minimum Gasteiger partial charge on any atom is -0.340 e. The number of nitrogens with one attached hydrogen (secondary N) is 2. The van der Waals surface area contributed by atoms with E-state index in [4.69, 9.17) is 11.6 Å². The first-order valence-corrected chi connectivity index (χ1v) is 9.59. The number of hydrazine groups is 1. The maximum Gasteiger partial charge on any atom is 0.522 e. The number of rotatable bonds is 4. The lowest BCUT2D eigenvalue weighted by Crippen LogP contribution is -2.66. The molecule has 1 aliphatic carbocycles. The van der Waals surface area contributed by atoms with Gasteiger partial charge in [-0.25, -0.2) is 5.43 Å². The molecule has 0 aromatic rings. The van der Waals surface area contributed by atoms with Crippen molar-refractivity contribution in [2.45, 2.75) is 49.6 Å². The molecule has 3 fully saturated rings. The number of carbonyl (C=O) groups is 2. The Kier molecular flexibility index (Phi) is 6.50. The van der Waals surface area contributed by atoms with E-state index in [1.165, 1.54) is 0 Å². The number of carbonyl (C=O) groups excluding carboxylic acids is 2. The van der Waals surface area contributed by atoms with E-state index in [2.05, 4.69) is 15.6 Å². The van der Waals surface area contributed by atoms with Gasteiger partial charge in [-0.3, -0.25) is 24.7 Å². The summed E-state index contributed by atoms with van der Waals surface area (Å²) >= 11 is 6.22. The molecule has 11 heteroatoms. The van der Waals surface area contributed by atoms with Crippen LogP contribution in [-0.2, 0) is 14.3 Å². The van der Waals surface area contributed by atoms with Crippen molar-refractivity contribution >= 4 is 23.4 Å². The minimum absolute atomic E-state index is 0.00967. The van der Waals surface area contributed by atoms with Gasteiger partial charge in [0.2, 0.25) is 5.91 Å². The van der Waals surface area contributed by atoms with Crippen LogP contribution in [0.5, 0.6) is 0 Å². The molecule has 2 amide bonds. The highest BCUT2D eigenvalue weighted by atomic mass is 35.5. The molecule has 2 saturated heterocycles. The van der Waals surface area contributed by atoms with Gasteiger partial charge in [-0.15, -0.1) is 24.8 Å². The summed E-state index contributed by atoms with van der Waals surface area (Å²) in [6.07, 6.45) is -3.33. The van der Waals surface area contributed by atoms with Crippen molar-refractivity contribution in [3.8, 4) is 0 Å². The summed E-state index contributed by atoms with van der Waals surface area (Å²) in [4.78, 5) is 28.0. The quantitative estimate of drug-likeness (QED) is 0.669. The highest BCUT2D eigenvalue weighted by molar-refractivity contribution is 6.23. The van der Waals surface area contributed by atoms with Gasteiger partial charge >= 0.3 is 6.36 Å². The molecule has 0 spiro atoms.